The number of methoxy groups -OCH3 is 2. The highest BCUT2D eigenvalue weighted by Gasteiger charge is 2.52. The molecule has 2 aromatic rings. The van der Waals surface area contributed by atoms with Gasteiger partial charge in [0.15, 0.2) is 5.69 Å². The molecule has 2 aliphatic rings. The summed E-state index contributed by atoms with van der Waals surface area (Å²) in [6.45, 7) is 14.1. The molecule has 1 saturated carbocycles. The average Bonchev–Trinajstić information content (AvgIpc) is 3.64. The molecule has 4 rings (SSSR count). The molecule has 6 atom stereocenters. The van der Waals surface area contributed by atoms with Crippen molar-refractivity contribution < 1.29 is 42.1 Å². The lowest BCUT2D eigenvalue weighted by Crippen LogP contribution is -2.57. The molecule has 1 aliphatic carbocycles. The molecule has 13 heteroatoms. The molecular formula is C34H44F2N4O7. The number of hydrogen-bond acceptors (Lipinski definition) is 9. The van der Waals surface area contributed by atoms with Crippen LogP contribution in [0.15, 0.2) is 43.5 Å². The first-order chi connectivity index (χ1) is 22.2. The monoisotopic (exact) mass is 658 g/mol. The van der Waals surface area contributed by atoms with Gasteiger partial charge in [-0.25, -0.2) is 19.6 Å². The lowest BCUT2D eigenvalue weighted by Gasteiger charge is -2.35. The van der Waals surface area contributed by atoms with Gasteiger partial charge in [0.25, 0.3) is 5.92 Å². The zero-order valence-electron chi connectivity index (χ0n) is 27.8. The molecule has 0 bridgehead atoms. The highest BCUT2D eigenvalue weighted by Crippen LogP contribution is 2.41. The van der Waals surface area contributed by atoms with Crippen molar-refractivity contribution in [2.75, 3.05) is 20.8 Å². The number of benzene rings is 1. The Kier molecular flexibility index (Phi) is 10.8. The SMILES string of the molecule is C=CCC1CC1OC(=O)NC(C(=O)N1CC(Oc2nc3cc(OC)ccc3nc2C(F)(F)CC=C)C(CC)C1C(=O)OC)C(C)(C)C. The Bertz CT molecular complexity index is 1510. The fourth-order valence-corrected chi connectivity index (χ4v) is 5.95. The van der Waals surface area contributed by atoms with Crippen molar-refractivity contribution in [1.29, 1.82) is 0 Å². The smallest absolute Gasteiger partial charge is 0.408 e. The fourth-order valence-electron chi connectivity index (χ4n) is 5.95. The van der Waals surface area contributed by atoms with Gasteiger partial charge in [0.1, 0.15) is 30.0 Å². The second-order valence-electron chi connectivity index (χ2n) is 13.0. The average molecular weight is 659 g/mol. The van der Waals surface area contributed by atoms with E-state index in [9.17, 15) is 14.4 Å². The standard InChI is InChI=1S/C34H44F2N4O7/c1-9-12-19-16-24(19)47-32(43)39-28(33(4,5)6)30(41)40-18-25(21(11-3)26(40)31(42)45-8)46-29-27(34(35,36)15-10-2)37-22-14-13-20(44-7)17-23(22)38-29/h9-10,13-14,17,19,21,24-26,28H,1-2,11-12,15-16,18H2,3-8H3,(H,39,43). The van der Waals surface area contributed by atoms with Gasteiger partial charge in [-0.3, -0.25) is 4.79 Å². The maximum Gasteiger partial charge on any atom is 0.408 e. The van der Waals surface area contributed by atoms with Crippen molar-refractivity contribution in [3.8, 4) is 11.6 Å². The number of halogens is 2. The van der Waals surface area contributed by atoms with Crippen LogP contribution in [-0.2, 0) is 25.0 Å². The molecule has 1 N–H and O–H groups in total. The maximum absolute atomic E-state index is 15.5. The predicted molar refractivity (Wildman–Crippen MR) is 170 cm³/mol. The van der Waals surface area contributed by atoms with Crippen LogP contribution >= 0.6 is 0 Å². The number of hydrogen-bond donors (Lipinski definition) is 1. The van der Waals surface area contributed by atoms with Gasteiger partial charge in [-0.2, -0.15) is 8.78 Å². The molecule has 47 heavy (non-hydrogen) atoms. The molecule has 256 valence electrons. The summed E-state index contributed by atoms with van der Waals surface area (Å²) in [5.74, 6) is -5.24. The van der Waals surface area contributed by atoms with Gasteiger partial charge in [-0.15, -0.1) is 13.2 Å². The third-order valence-electron chi connectivity index (χ3n) is 8.60. The molecule has 0 radical (unpaired) electrons. The number of nitrogens with one attached hydrogen (secondary N) is 1. The number of carbonyl (C=O) groups is 3. The first kappa shape index (κ1) is 35.6. The van der Waals surface area contributed by atoms with Crippen LogP contribution in [0.4, 0.5) is 13.6 Å². The van der Waals surface area contributed by atoms with Crippen molar-refractivity contribution in [3.05, 3.63) is 49.2 Å². The van der Waals surface area contributed by atoms with Gasteiger partial charge >= 0.3 is 12.1 Å². The molecule has 1 aliphatic heterocycles. The number of likely N-dealkylation sites (tertiary alicyclic amines) is 1. The number of allylic oxidation sites excluding steroid dienone is 2. The summed E-state index contributed by atoms with van der Waals surface area (Å²) < 4.78 is 53.0. The Hall–Kier alpha value is -4.29. The topological polar surface area (TPSA) is 129 Å². The molecule has 6 unspecified atom stereocenters. The number of ether oxygens (including phenoxy) is 4. The third-order valence-corrected chi connectivity index (χ3v) is 8.60. The summed E-state index contributed by atoms with van der Waals surface area (Å²) in [6, 6.07) is 2.42. The zero-order valence-corrected chi connectivity index (χ0v) is 27.8. The van der Waals surface area contributed by atoms with Crippen LogP contribution in [0.5, 0.6) is 11.6 Å². The van der Waals surface area contributed by atoms with E-state index in [1.54, 1.807) is 45.9 Å². The number of esters is 1. The Morgan fingerprint density at radius 1 is 1.11 bits per heavy atom. The minimum absolute atomic E-state index is 0.172. The number of fused-ring (bicyclic) bond motifs is 1. The molecule has 1 aromatic heterocycles. The summed E-state index contributed by atoms with van der Waals surface area (Å²) in [5, 5.41) is 2.70. The van der Waals surface area contributed by atoms with Crippen molar-refractivity contribution in [1.82, 2.24) is 20.2 Å². The zero-order chi connectivity index (χ0) is 34.7. The lowest BCUT2D eigenvalue weighted by atomic mass is 9.85. The van der Waals surface area contributed by atoms with Gasteiger partial charge in [0.2, 0.25) is 11.8 Å². The number of rotatable bonds is 13. The summed E-state index contributed by atoms with van der Waals surface area (Å²) in [5.41, 5.74) is -1.05. The summed E-state index contributed by atoms with van der Waals surface area (Å²) >= 11 is 0. The van der Waals surface area contributed by atoms with E-state index in [2.05, 4.69) is 28.4 Å². The highest BCUT2D eigenvalue weighted by atomic mass is 19.3. The Balaban J connectivity index is 1.69. The highest BCUT2D eigenvalue weighted by molar-refractivity contribution is 5.91. The van der Waals surface area contributed by atoms with Crippen LogP contribution in [-0.4, -0.2) is 77.9 Å². The Morgan fingerprint density at radius 2 is 1.83 bits per heavy atom. The van der Waals surface area contributed by atoms with Gasteiger partial charge in [0.05, 0.1) is 31.8 Å². The van der Waals surface area contributed by atoms with Crippen molar-refractivity contribution in [2.24, 2.45) is 17.3 Å². The van der Waals surface area contributed by atoms with Crippen LogP contribution in [0.25, 0.3) is 11.0 Å². The molecular weight excluding hydrogens is 614 g/mol. The second-order valence-corrected chi connectivity index (χ2v) is 13.0. The lowest BCUT2D eigenvalue weighted by molar-refractivity contribution is -0.154. The summed E-state index contributed by atoms with van der Waals surface area (Å²) in [6.07, 6.45) is 1.89. The molecule has 2 amide bonds. The first-order valence-corrected chi connectivity index (χ1v) is 15.7. The van der Waals surface area contributed by atoms with Crippen LogP contribution in [0.2, 0.25) is 0 Å². The number of amides is 2. The van der Waals surface area contributed by atoms with Gasteiger partial charge in [-0.1, -0.05) is 39.8 Å². The normalized spacial score (nSPS) is 23.1. The van der Waals surface area contributed by atoms with E-state index >= 15 is 8.78 Å². The van der Waals surface area contributed by atoms with E-state index in [0.29, 0.717) is 25.0 Å². The van der Waals surface area contributed by atoms with Crippen LogP contribution < -0.4 is 14.8 Å². The second kappa shape index (κ2) is 14.2. The number of alkyl carbamates (subject to hydrolysis) is 1. The molecule has 1 aromatic carbocycles. The quantitative estimate of drug-likeness (QED) is 0.217. The van der Waals surface area contributed by atoms with E-state index in [1.807, 2.05) is 0 Å². The Labute approximate surface area is 273 Å². The maximum atomic E-state index is 15.5. The molecule has 0 spiro atoms. The van der Waals surface area contributed by atoms with Crippen molar-refractivity contribution >= 4 is 29.0 Å². The van der Waals surface area contributed by atoms with E-state index in [-0.39, 0.29) is 29.6 Å². The fraction of sp³-hybridized carbons (Fsp3) is 0.559. The first-order valence-electron chi connectivity index (χ1n) is 15.7. The van der Waals surface area contributed by atoms with Crippen LogP contribution in [0.3, 0.4) is 0 Å². The summed E-state index contributed by atoms with van der Waals surface area (Å²) in [7, 11) is 2.67. The van der Waals surface area contributed by atoms with E-state index in [4.69, 9.17) is 18.9 Å². The predicted octanol–water partition coefficient (Wildman–Crippen LogP) is 5.57. The van der Waals surface area contributed by atoms with Gasteiger partial charge in [-0.05, 0) is 36.8 Å². The Morgan fingerprint density at radius 3 is 2.43 bits per heavy atom. The number of aromatic nitrogens is 2. The molecule has 2 fully saturated rings. The number of nitrogens with zero attached hydrogens (tertiary/aromatic N) is 3. The minimum Gasteiger partial charge on any atom is -0.497 e. The van der Waals surface area contributed by atoms with Crippen molar-refractivity contribution in [3.63, 3.8) is 0 Å². The largest absolute Gasteiger partial charge is 0.497 e. The molecule has 11 nitrogen and oxygen atoms in total. The van der Waals surface area contributed by atoms with Gasteiger partial charge in [0, 0.05) is 24.3 Å². The van der Waals surface area contributed by atoms with Gasteiger partial charge < -0.3 is 29.2 Å². The van der Waals surface area contributed by atoms with E-state index in [0.717, 1.165) is 6.08 Å². The van der Waals surface area contributed by atoms with Crippen molar-refractivity contribution in [2.45, 2.75) is 83.6 Å². The van der Waals surface area contributed by atoms with Crippen LogP contribution in [0.1, 0.15) is 59.1 Å². The number of alkyl halides is 2. The van der Waals surface area contributed by atoms with E-state index < -0.39 is 71.4 Å². The van der Waals surface area contributed by atoms with E-state index in [1.165, 1.54) is 25.2 Å². The minimum atomic E-state index is -3.48. The van der Waals surface area contributed by atoms with Crippen LogP contribution in [0, 0.1) is 17.3 Å². The molecule has 1 saturated heterocycles. The summed E-state index contributed by atoms with van der Waals surface area (Å²) in [4.78, 5) is 50.3. The molecule has 2 heterocycles. The third kappa shape index (κ3) is 7.82. The number of carbonyl (C=O) groups excluding carboxylic acids is 3.